The number of hydrogen-bond acceptors (Lipinski definition) is 2. The lowest BCUT2D eigenvalue weighted by Gasteiger charge is -2.25. The van der Waals surface area contributed by atoms with Crippen molar-refractivity contribution >= 4 is 17.6 Å². The monoisotopic (exact) mass is 157 g/mol. The van der Waals surface area contributed by atoms with Gasteiger partial charge >= 0.3 is 0 Å². The number of thiocarbonyl (C=S) groups is 1. The SMILES string of the molecule is NC[C@@H]1CCC[C@@H](C=S)C1. The summed E-state index contributed by atoms with van der Waals surface area (Å²) in [6.45, 7) is 0.847. The normalized spacial score (nSPS) is 33.7. The average Bonchev–Trinajstić information content (AvgIpc) is 2.05. The third-order valence-corrected chi connectivity index (χ3v) is 2.73. The zero-order valence-corrected chi connectivity index (χ0v) is 7.07. The molecule has 0 aromatic rings. The number of hydrogen-bond donors (Lipinski definition) is 1. The lowest BCUT2D eigenvalue weighted by atomic mass is 9.82. The third kappa shape index (κ3) is 2.03. The molecular weight excluding hydrogens is 142 g/mol. The van der Waals surface area contributed by atoms with E-state index in [0.29, 0.717) is 5.92 Å². The molecule has 2 atom stereocenters. The van der Waals surface area contributed by atoms with E-state index in [2.05, 4.69) is 0 Å². The minimum atomic E-state index is 0.678. The van der Waals surface area contributed by atoms with Crippen molar-refractivity contribution in [3.8, 4) is 0 Å². The molecule has 0 unspecified atom stereocenters. The van der Waals surface area contributed by atoms with E-state index in [-0.39, 0.29) is 0 Å². The van der Waals surface area contributed by atoms with Crippen LogP contribution in [-0.2, 0) is 0 Å². The van der Waals surface area contributed by atoms with Crippen LogP contribution in [0.1, 0.15) is 25.7 Å². The first kappa shape index (κ1) is 8.15. The lowest BCUT2D eigenvalue weighted by Crippen LogP contribution is -2.22. The highest BCUT2D eigenvalue weighted by atomic mass is 32.1. The molecule has 0 radical (unpaired) electrons. The van der Waals surface area contributed by atoms with Gasteiger partial charge in [0.05, 0.1) is 0 Å². The highest BCUT2D eigenvalue weighted by Crippen LogP contribution is 2.26. The highest BCUT2D eigenvalue weighted by molar-refractivity contribution is 7.79. The van der Waals surface area contributed by atoms with E-state index in [9.17, 15) is 0 Å². The lowest BCUT2D eigenvalue weighted by molar-refractivity contribution is 0.329. The van der Waals surface area contributed by atoms with E-state index < -0.39 is 0 Å². The Morgan fingerprint density at radius 3 is 2.90 bits per heavy atom. The molecule has 1 aliphatic carbocycles. The molecule has 0 amide bonds. The van der Waals surface area contributed by atoms with Crippen molar-refractivity contribution < 1.29 is 0 Å². The maximum Gasteiger partial charge on any atom is -0.00486 e. The fraction of sp³-hybridized carbons (Fsp3) is 0.875. The first-order chi connectivity index (χ1) is 4.86. The van der Waals surface area contributed by atoms with Crippen molar-refractivity contribution in [2.45, 2.75) is 25.7 Å². The van der Waals surface area contributed by atoms with Gasteiger partial charge in [-0.3, -0.25) is 0 Å². The molecular formula is C8H15NS. The molecule has 1 nitrogen and oxygen atoms in total. The quantitative estimate of drug-likeness (QED) is 0.618. The van der Waals surface area contributed by atoms with Crippen LogP contribution < -0.4 is 5.73 Å². The van der Waals surface area contributed by atoms with Crippen molar-refractivity contribution in [1.29, 1.82) is 0 Å². The Labute approximate surface area is 68.0 Å². The molecule has 0 spiro atoms. The average molecular weight is 157 g/mol. The first-order valence-electron chi connectivity index (χ1n) is 4.02. The summed E-state index contributed by atoms with van der Waals surface area (Å²) in [5.41, 5.74) is 5.57. The van der Waals surface area contributed by atoms with E-state index >= 15 is 0 Å². The molecule has 1 fully saturated rings. The van der Waals surface area contributed by atoms with Gasteiger partial charge in [0.2, 0.25) is 0 Å². The van der Waals surface area contributed by atoms with Gasteiger partial charge in [-0.25, -0.2) is 0 Å². The molecule has 1 aliphatic rings. The molecule has 0 aromatic carbocycles. The van der Waals surface area contributed by atoms with Gasteiger partial charge in [0, 0.05) is 0 Å². The summed E-state index contributed by atoms with van der Waals surface area (Å²) in [5, 5.41) is 1.92. The largest absolute Gasteiger partial charge is 0.330 e. The molecule has 1 rings (SSSR count). The van der Waals surface area contributed by atoms with Gasteiger partial charge < -0.3 is 5.73 Å². The van der Waals surface area contributed by atoms with Crippen LogP contribution in [0.15, 0.2) is 0 Å². The highest BCUT2D eigenvalue weighted by Gasteiger charge is 2.18. The molecule has 0 aromatic heterocycles. The molecule has 1 saturated carbocycles. The van der Waals surface area contributed by atoms with Crippen LogP contribution in [0.4, 0.5) is 0 Å². The second kappa shape index (κ2) is 4.04. The Kier molecular flexibility index (Phi) is 3.29. The van der Waals surface area contributed by atoms with E-state index in [4.69, 9.17) is 18.0 Å². The maximum absolute atomic E-state index is 5.57. The molecule has 0 saturated heterocycles. The van der Waals surface area contributed by atoms with Gasteiger partial charge in [-0.05, 0) is 43.0 Å². The van der Waals surface area contributed by atoms with E-state index in [0.717, 1.165) is 12.5 Å². The Morgan fingerprint density at radius 2 is 2.30 bits per heavy atom. The first-order valence-corrected chi connectivity index (χ1v) is 4.49. The third-order valence-electron chi connectivity index (χ3n) is 2.35. The molecule has 0 bridgehead atoms. The fourth-order valence-electron chi connectivity index (χ4n) is 1.67. The summed E-state index contributed by atoms with van der Waals surface area (Å²) in [6.07, 6.45) is 5.16. The van der Waals surface area contributed by atoms with E-state index in [1.54, 1.807) is 0 Å². The van der Waals surface area contributed by atoms with Crippen LogP contribution in [0.5, 0.6) is 0 Å². The van der Waals surface area contributed by atoms with Gasteiger partial charge in [0.25, 0.3) is 0 Å². The van der Waals surface area contributed by atoms with Crippen LogP contribution in [0.25, 0.3) is 0 Å². The number of rotatable bonds is 2. The van der Waals surface area contributed by atoms with Crippen molar-refractivity contribution in [1.82, 2.24) is 0 Å². The van der Waals surface area contributed by atoms with Crippen molar-refractivity contribution in [3.05, 3.63) is 0 Å². The van der Waals surface area contributed by atoms with Gasteiger partial charge in [0.15, 0.2) is 0 Å². The zero-order valence-electron chi connectivity index (χ0n) is 6.25. The minimum Gasteiger partial charge on any atom is -0.330 e. The molecule has 0 aliphatic heterocycles. The van der Waals surface area contributed by atoms with Gasteiger partial charge in [0.1, 0.15) is 0 Å². The van der Waals surface area contributed by atoms with Crippen LogP contribution >= 0.6 is 12.2 Å². The van der Waals surface area contributed by atoms with Crippen LogP contribution in [-0.4, -0.2) is 11.9 Å². The van der Waals surface area contributed by atoms with Crippen molar-refractivity contribution in [2.75, 3.05) is 6.54 Å². The zero-order chi connectivity index (χ0) is 7.40. The van der Waals surface area contributed by atoms with Gasteiger partial charge in [-0.15, -0.1) is 0 Å². The second-order valence-corrected chi connectivity index (χ2v) is 3.44. The minimum absolute atomic E-state index is 0.678. The van der Waals surface area contributed by atoms with Crippen molar-refractivity contribution in [3.63, 3.8) is 0 Å². The standard InChI is InChI=1S/C8H15NS/c9-5-7-2-1-3-8(4-7)6-10/h6-8H,1-5,9H2/t7-,8-/m1/s1. The topological polar surface area (TPSA) is 26.0 Å². The predicted octanol–water partition coefficient (Wildman–Crippen LogP) is 1.75. The van der Waals surface area contributed by atoms with Crippen LogP contribution in [0, 0.1) is 11.8 Å². The van der Waals surface area contributed by atoms with Crippen LogP contribution in [0.3, 0.4) is 0 Å². The summed E-state index contributed by atoms with van der Waals surface area (Å²) in [6, 6.07) is 0. The number of nitrogens with two attached hydrogens (primary N) is 1. The summed E-state index contributed by atoms with van der Waals surface area (Å²) < 4.78 is 0. The molecule has 2 N–H and O–H groups in total. The summed E-state index contributed by atoms with van der Waals surface area (Å²) in [5.74, 6) is 1.43. The fourth-order valence-corrected chi connectivity index (χ4v) is 1.92. The van der Waals surface area contributed by atoms with Crippen molar-refractivity contribution in [2.24, 2.45) is 17.6 Å². The van der Waals surface area contributed by atoms with Gasteiger partial charge in [-0.2, -0.15) is 0 Å². The van der Waals surface area contributed by atoms with Gasteiger partial charge in [-0.1, -0.05) is 18.6 Å². The summed E-state index contributed by atoms with van der Waals surface area (Å²) in [7, 11) is 0. The summed E-state index contributed by atoms with van der Waals surface area (Å²) >= 11 is 4.91. The Hall–Kier alpha value is 0.0500. The van der Waals surface area contributed by atoms with E-state index in [1.807, 2.05) is 5.37 Å². The molecule has 2 heteroatoms. The Bertz CT molecular complexity index is 114. The molecule has 0 heterocycles. The predicted molar refractivity (Wildman–Crippen MR) is 48.2 cm³/mol. The molecule has 10 heavy (non-hydrogen) atoms. The second-order valence-electron chi connectivity index (χ2n) is 3.16. The smallest absolute Gasteiger partial charge is 0.00486 e. The molecule has 58 valence electrons. The van der Waals surface area contributed by atoms with Crippen LogP contribution in [0.2, 0.25) is 0 Å². The Balaban J connectivity index is 2.31. The van der Waals surface area contributed by atoms with E-state index in [1.165, 1.54) is 25.7 Å². The summed E-state index contributed by atoms with van der Waals surface area (Å²) in [4.78, 5) is 0. The maximum atomic E-state index is 5.57. The Morgan fingerprint density at radius 1 is 1.50 bits per heavy atom.